The molecule has 0 bridgehead atoms. The largest absolute Gasteiger partial charge is 0.464 e. The van der Waals surface area contributed by atoms with Gasteiger partial charge in [0.1, 0.15) is 30.4 Å². The molecule has 0 radical (unpaired) electrons. The average Bonchev–Trinajstić information content (AvgIpc) is 2.84. The van der Waals surface area contributed by atoms with Gasteiger partial charge < -0.3 is 26.0 Å². The monoisotopic (exact) mass is 556 g/mol. The van der Waals surface area contributed by atoms with E-state index < -0.39 is 47.7 Å². The highest BCUT2D eigenvalue weighted by atomic mass is 33.1. The minimum absolute atomic E-state index is 0.0470. The van der Waals surface area contributed by atoms with Crippen LogP contribution in [0, 0.1) is 11.8 Å². The fraction of sp³-hybridized carbons (Fsp3) is 0.640. The summed E-state index contributed by atoms with van der Waals surface area (Å²) in [5, 5.41) is 10.6. The fourth-order valence-electron chi connectivity index (χ4n) is 3.21. The molecule has 1 fully saturated rings. The standard InChI is InChI=1S/C25H40N4O6S2/c1-7-9-10-13-36-37-14-18-23(32)26-17(8-2)22(31)29-21(16(5)6)25(34)35-12-11-19(30)28-20(15(3)4)24(33)27-18/h7-9,15-16,18,20-21H,10-14H2,1-6H3,(H,26,32)(H,27,33)(H,28,30)(H,29,31)/b9-7+,17-8-/t18-,20-,21+/m1/s1. The molecule has 1 aliphatic rings. The zero-order chi connectivity index (χ0) is 28.0. The van der Waals surface area contributed by atoms with E-state index in [1.165, 1.54) is 16.9 Å². The molecule has 4 amide bonds. The smallest absolute Gasteiger partial charge is 0.328 e. The Bertz CT molecular complexity index is 875. The summed E-state index contributed by atoms with van der Waals surface area (Å²) in [6, 6.07) is -2.84. The Hall–Kier alpha value is -2.47. The summed E-state index contributed by atoms with van der Waals surface area (Å²) in [4.78, 5) is 64.3. The normalized spacial score (nSPS) is 24.2. The second-order valence-corrected chi connectivity index (χ2v) is 11.7. The van der Waals surface area contributed by atoms with Crippen molar-refractivity contribution in [3.05, 3.63) is 23.9 Å². The molecule has 0 aromatic rings. The molecule has 4 N–H and O–H groups in total. The Morgan fingerprint density at radius 2 is 1.59 bits per heavy atom. The molecule has 1 heterocycles. The third-order valence-electron chi connectivity index (χ3n) is 5.39. The number of hydrogen-bond acceptors (Lipinski definition) is 8. The lowest BCUT2D eigenvalue weighted by Crippen LogP contribution is -2.57. The second-order valence-electron chi connectivity index (χ2n) is 9.12. The van der Waals surface area contributed by atoms with E-state index >= 15 is 0 Å². The van der Waals surface area contributed by atoms with Crippen LogP contribution < -0.4 is 21.3 Å². The Morgan fingerprint density at radius 1 is 0.919 bits per heavy atom. The summed E-state index contributed by atoms with van der Waals surface area (Å²) in [5.41, 5.74) is -0.0470. The molecule has 208 valence electrons. The number of nitrogens with one attached hydrogen (secondary N) is 4. The molecule has 37 heavy (non-hydrogen) atoms. The number of cyclic esters (lactones) is 1. The van der Waals surface area contributed by atoms with Gasteiger partial charge in [-0.25, -0.2) is 4.79 Å². The highest BCUT2D eigenvalue weighted by Crippen LogP contribution is 2.23. The van der Waals surface area contributed by atoms with Crippen molar-refractivity contribution in [2.75, 3.05) is 18.1 Å². The van der Waals surface area contributed by atoms with Crippen molar-refractivity contribution in [1.82, 2.24) is 21.3 Å². The summed E-state index contributed by atoms with van der Waals surface area (Å²) >= 11 is 0. The summed E-state index contributed by atoms with van der Waals surface area (Å²) < 4.78 is 5.21. The van der Waals surface area contributed by atoms with Gasteiger partial charge in [-0.2, -0.15) is 0 Å². The Morgan fingerprint density at radius 3 is 2.19 bits per heavy atom. The van der Waals surface area contributed by atoms with Gasteiger partial charge in [0.25, 0.3) is 5.91 Å². The molecule has 10 nitrogen and oxygen atoms in total. The minimum Gasteiger partial charge on any atom is -0.464 e. The number of allylic oxidation sites excluding steroid dienone is 3. The van der Waals surface area contributed by atoms with Crippen molar-refractivity contribution in [3.8, 4) is 0 Å². The Balaban J connectivity index is 3.21. The van der Waals surface area contributed by atoms with E-state index in [1.54, 1.807) is 45.4 Å². The van der Waals surface area contributed by atoms with Crippen molar-refractivity contribution in [1.29, 1.82) is 0 Å². The van der Waals surface area contributed by atoms with Crippen molar-refractivity contribution >= 4 is 51.2 Å². The molecule has 0 aromatic carbocycles. The van der Waals surface area contributed by atoms with E-state index in [1.807, 2.05) is 19.1 Å². The maximum atomic E-state index is 13.2. The average molecular weight is 557 g/mol. The predicted molar refractivity (Wildman–Crippen MR) is 147 cm³/mol. The van der Waals surface area contributed by atoms with Crippen LogP contribution >= 0.6 is 21.6 Å². The molecule has 1 rings (SSSR count). The Labute approximate surface area is 227 Å². The van der Waals surface area contributed by atoms with Crippen LogP contribution in [-0.4, -0.2) is 65.8 Å². The fourth-order valence-corrected chi connectivity index (χ4v) is 5.37. The Kier molecular flexibility index (Phi) is 15.1. The number of carbonyl (C=O) groups excluding carboxylic acids is 5. The number of hydrogen-bond donors (Lipinski definition) is 4. The van der Waals surface area contributed by atoms with Crippen LogP contribution in [0.25, 0.3) is 0 Å². The van der Waals surface area contributed by atoms with Gasteiger partial charge in [0.05, 0.1) is 6.42 Å². The third-order valence-corrected chi connectivity index (χ3v) is 7.84. The molecule has 1 saturated heterocycles. The van der Waals surface area contributed by atoms with Crippen LogP contribution in [0.3, 0.4) is 0 Å². The maximum absolute atomic E-state index is 13.2. The van der Waals surface area contributed by atoms with Crippen LogP contribution in [0.4, 0.5) is 0 Å². The van der Waals surface area contributed by atoms with Gasteiger partial charge in [-0.15, -0.1) is 0 Å². The minimum atomic E-state index is -0.974. The van der Waals surface area contributed by atoms with Gasteiger partial charge in [-0.3, -0.25) is 19.2 Å². The maximum Gasteiger partial charge on any atom is 0.328 e. The van der Waals surface area contributed by atoms with Crippen LogP contribution in [0.15, 0.2) is 23.9 Å². The van der Waals surface area contributed by atoms with Gasteiger partial charge in [0, 0.05) is 11.5 Å². The first-order valence-corrected chi connectivity index (χ1v) is 14.9. The van der Waals surface area contributed by atoms with E-state index in [-0.39, 0.29) is 36.3 Å². The van der Waals surface area contributed by atoms with Crippen molar-refractivity contribution in [2.45, 2.75) is 72.5 Å². The number of amides is 4. The molecule has 0 aliphatic carbocycles. The summed E-state index contributed by atoms with van der Waals surface area (Å²) in [5.74, 6) is -2.40. The van der Waals surface area contributed by atoms with E-state index in [4.69, 9.17) is 4.74 Å². The molecule has 0 saturated carbocycles. The van der Waals surface area contributed by atoms with E-state index in [0.717, 1.165) is 12.2 Å². The number of carbonyl (C=O) groups is 5. The second kappa shape index (κ2) is 17.1. The molecule has 0 aromatic heterocycles. The highest BCUT2D eigenvalue weighted by molar-refractivity contribution is 8.76. The SMILES string of the molecule is C/C=C1\NC(=O)[C@@H](CSSCC/C=C/C)NC(=O)[C@@H](C(C)C)NC(=O)CCOC(=O)[C@H](C(C)C)NC1=O. The summed E-state index contributed by atoms with van der Waals surface area (Å²) in [6.07, 6.45) is 6.16. The zero-order valence-electron chi connectivity index (χ0n) is 22.4. The third kappa shape index (κ3) is 11.6. The lowest BCUT2D eigenvalue weighted by molar-refractivity contribution is -0.149. The van der Waals surface area contributed by atoms with Gasteiger partial charge in [0.15, 0.2) is 0 Å². The first-order valence-electron chi connectivity index (χ1n) is 12.4. The molecule has 0 unspecified atom stereocenters. The topological polar surface area (TPSA) is 143 Å². The van der Waals surface area contributed by atoms with Crippen LogP contribution in [0.2, 0.25) is 0 Å². The molecule has 0 spiro atoms. The first-order chi connectivity index (χ1) is 17.5. The number of esters is 1. The molecular formula is C25H40N4O6S2. The van der Waals surface area contributed by atoms with E-state index in [2.05, 4.69) is 21.3 Å². The number of rotatable bonds is 8. The van der Waals surface area contributed by atoms with Crippen molar-refractivity contribution < 1.29 is 28.7 Å². The van der Waals surface area contributed by atoms with Crippen molar-refractivity contribution in [3.63, 3.8) is 0 Å². The molecule has 1 aliphatic heterocycles. The van der Waals surface area contributed by atoms with Gasteiger partial charge in [-0.1, -0.05) is 67.5 Å². The summed E-state index contributed by atoms with van der Waals surface area (Å²) in [6.45, 7) is 10.4. The lowest BCUT2D eigenvalue weighted by Gasteiger charge is -2.26. The van der Waals surface area contributed by atoms with Crippen LogP contribution in [-0.2, 0) is 28.7 Å². The van der Waals surface area contributed by atoms with Gasteiger partial charge in [0.2, 0.25) is 17.7 Å². The predicted octanol–water partition coefficient (Wildman–Crippen LogP) is 2.07. The molecular weight excluding hydrogens is 516 g/mol. The van der Waals surface area contributed by atoms with Gasteiger partial charge in [-0.05, 0) is 32.1 Å². The number of ether oxygens (including phenoxy) is 1. The van der Waals surface area contributed by atoms with Gasteiger partial charge >= 0.3 is 5.97 Å². The molecule has 12 heteroatoms. The molecule has 3 atom stereocenters. The first kappa shape index (κ1) is 32.6. The van der Waals surface area contributed by atoms with E-state index in [9.17, 15) is 24.0 Å². The summed E-state index contributed by atoms with van der Waals surface area (Å²) in [7, 11) is 3.00. The quantitative estimate of drug-likeness (QED) is 0.117. The van der Waals surface area contributed by atoms with Crippen molar-refractivity contribution in [2.24, 2.45) is 11.8 Å². The highest BCUT2D eigenvalue weighted by Gasteiger charge is 2.32. The van der Waals surface area contributed by atoms with Crippen LogP contribution in [0.1, 0.15) is 54.4 Å². The van der Waals surface area contributed by atoms with Crippen LogP contribution in [0.5, 0.6) is 0 Å². The zero-order valence-corrected chi connectivity index (χ0v) is 24.1. The van der Waals surface area contributed by atoms with E-state index in [0.29, 0.717) is 0 Å². The lowest BCUT2D eigenvalue weighted by atomic mass is 10.0.